The molecular formula is C15H30IN3O4. The first-order valence-electron chi connectivity index (χ1n) is 7.72. The van der Waals surface area contributed by atoms with E-state index in [9.17, 15) is 4.79 Å². The molecule has 0 amide bonds. The smallest absolute Gasteiger partial charge is 0.310 e. The van der Waals surface area contributed by atoms with E-state index in [1.54, 1.807) is 14.2 Å². The minimum Gasteiger partial charge on any atom is -0.469 e. The summed E-state index contributed by atoms with van der Waals surface area (Å²) in [6.45, 7) is 6.23. The Balaban J connectivity index is 0.00000484. The van der Waals surface area contributed by atoms with Gasteiger partial charge in [-0.15, -0.1) is 24.0 Å². The van der Waals surface area contributed by atoms with Gasteiger partial charge in [0.05, 0.1) is 32.8 Å². The van der Waals surface area contributed by atoms with Gasteiger partial charge in [0.15, 0.2) is 5.96 Å². The van der Waals surface area contributed by atoms with E-state index in [-0.39, 0.29) is 35.9 Å². The summed E-state index contributed by atoms with van der Waals surface area (Å²) in [6.07, 6.45) is 1.08. The lowest BCUT2D eigenvalue weighted by Crippen LogP contribution is -2.43. The highest BCUT2D eigenvalue weighted by Gasteiger charge is 2.25. The molecule has 23 heavy (non-hydrogen) atoms. The second-order valence-corrected chi connectivity index (χ2v) is 5.52. The van der Waals surface area contributed by atoms with Crippen molar-refractivity contribution in [2.45, 2.75) is 13.3 Å². The number of likely N-dealkylation sites (tertiary alicyclic amines) is 1. The second kappa shape index (κ2) is 12.8. The van der Waals surface area contributed by atoms with Crippen LogP contribution in [0.3, 0.4) is 0 Å². The van der Waals surface area contributed by atoms with Crippen LogP contribution in [-0.4, -0.2) is 77.6 Å². The van der Waals surface area contributed by atoms with Crippen LogP contribution in [0, 0.1) is 11.8 Å². The molecule has 1 saturated heterocycles. The summed E-state index contributed by atoms with van der Waals surface area (Å²) < 4.78 is 15.3. The number of halogens is 1. The van der Waals surface area contributed by atoms with Crippen molar-refractivity contribution in [3.8, 4) is 0 Å². The van der Waals surface area contributed by atoms with Gasteiger partial charge in [-0.05, 0) is 6.42 Å². The molecule has 0 spiro atoms. The number of carbonyl (C=O) groups excluding carboxylic acids is 1. The molecule has 0 aromatic carbocycles. The second-order valence-electron chi connectivity index (χ2n) is 5.52. The van der Waals surface area contributed by atoms with Crippen molar-refractivity contribution in [1.29, 1.82) is 0 Å². The number of carbonyl (C=O) groups is 1. The normalized spacial score (nSPS) is 19.2. The number of hydrogen-bond acceptors (Lipinski definition) is 5. The summed E-state index contributed by atoms with van der Waals surface area (Å²) in [7, 11) is 4.83. The molecule has 2 atom stereocenters. The van der Waals surface area contributed by atoms with Gasteiger partial charge in [0.1, 0.15) is 0 Å². The fourth-order valence-electron chi connectivity index (χ4n) is 2.41. The van der Waals surface area contributed by atoms with Crippen LogP contribution in [-0.2, 0) is 19.0 Å². The van der Waals surface area contributed by atoms with Gasteiger partial charge in [0.25, 0.3) is 0 Å². The van der Waals surface area contributed by atoms with Crippen LogP contribution in [0.2, 0.25) is 0 Å². The highest BCUT2D eigenvalue weighted by Crippen LogP contribution is 2.16. The van der Waals surface area contributed by atoms with Crippen LogP contribution < -0.4 is 5.32 Å². The summed E-state index contributed by atoms with van der Waals surface area (Å²) in [4.78, 5) is 17.9. The third kappa shape index (κ3) is 8.16. The van der Waals surface area contributed by atoms with Crippen LogP contribution in [0.25, 0.3) is 0 Å². The Morgan fingerprint density at radius 1 is 1.39 bits per heavy atom. The van der Waals surface area contributed by atoms with E-state index in [4.69, 9.17) is 14.2 Å². The molecule has 0 aromatic heterocycles. The summed E-state index contributed by atoms with van der Waals surface area (Å²) >= 11 is 0. The van der Waals surface area contributed by atoms with Crippen molar-refractivity contribution in [3.05, 3.63) is 0 Å². The zero-order valence-electron chi connectivity index (χ0n) is 14.5. The van der Waals surface area contributed by atoms with Gasteiger partial charge < -0.3 is 24.4 Å². The Morgan fingerprint density at radius 2 is 2.13 bits per heavy atom. The first kappa shape index (κ1) is 22.4. The minimum absolute atomic E-state index is 0. The Kier molecular flexibility index (Phi) is 12.4. The number of guanidine groups is 1. The average molecular weight is 443 g/mol. The van der Waals surface area contributed by atoms with Crippen molar-refractivity contribution >= 4 is 35.9 Å². The summed E-state index contributed by atoms with van der Waals surface area (Å²) in [5, 5.41) is 3.24. The van der Waals surface area contributed by atoms with Crippen molar-refractivity contribution in [1.82, 2.24) is 10.2 Å². The largest absolute Gasteiger partial charge is 0.469 e. The standard InChI is InChI=1S/C15H29N3O4.HI/c1-12(14(19)21-4)9-17-15(16-2)18-6-5-13(10-18)11-22-8-7-20-3;/h12-13H,5-11H2,1-4H3,(H,16,17);1H. The van der Waals surface area contributed by atoms with Gasteiger partial charge in [-0.2, -0.15) is 0 Å². The number of esters is 1. The predicted octanol–water partition coefficient (Wildman–Crippen LogP) is 0.974. The van der Waals surface area contributed by atoms with Gasteiger partial charge in [0.2, 0.25) is 0 Å². The van der Waals surface area contributed by atoms with Crippen molar-refractivity contribution in [2.75, 3.05) is 60.7 Å². The maximum atomic E-state index is 11.4. The third-order valence-corrected chi connectivity index (χ3v) is 3.75. The Hall–Kier alpha value is -0.610. The summed E-state index contributed by atoms with van der Waals surface area (Å²) in [5.41, 5.74) is 0. The lowest BCUT2D eigenvalue weighted by molar-refractivity contribution is -0.144. The average Bonchev–Trinajstić information content (AvgIpc) is 3.00. The number of hydrogen-bond donors (Lipinski definition) is 1. The number of aliphatic imine (C=N–C) groups is 1. The number of nitrogens with zero attached hydrogens (tertiary/aromatic N) is 2. The SMILES string of the molecule is CN=C(NCC(C)C(=O)OC)N1CCC(COCCOC)C1.I. The Morgan fingerprint density at radius 3 is 2.74 bits per heavy atom. The van der Waals surface area contributed by atoms with E-state index < -0.39 is 0 Å². The molecule has 0 bridgehead atoms. The van der Waals surface area contributed by atoms with Gasteiger partial charge >= 0.3 is 5.97 Å². The Bertz CT molecular complexity index is 369. The molecule has 136 valence electrons. The lowest BCUT2D eigenvalue weighted by atomic mass is 10.1. The van der Waals surface area contributed by atoms with E-state index in [0.717, 1.165) is 32.1 Å². The number of ether oxygens (including phenoxy) is 3. The Labute approximate surface area is 156 Å². The van der Waals surface area contributed by atoms with E-state index >= 15 is 0 Å². The molecule has 0 saturated carbocycles. The molecule has 2 unspecified atom stereocenters. The lowest BCUT2D eigenvalue weighted by Gasteiger charge is -2.22. The molecule has 1 N–H and O–H groups in total. The monoisotopic (exact) mass is 443 g/mol. The predicted molar refractivity (Wildman–Crippen MR) is 100 cm³/mol. The quantitative estimate of drug-likeness (QED) is 0.198. The molecule has 1 heterocycles. The molecular weight excluding hydrogens is 413 g/mol. The molecule has 0 aromatic rings. The molecule has 0 radical (unpaired) electrons. The molecule has 1 fully saturated rings. The first-order chi connectivity index (χ1) is 10.6. The van der Waals surface area contributed by atoms with Crippen LogP contribution in [0.15, 0.2) is 4.99 Å². The van der Waals surface area contributed by atoms with Gasteiger partial charge in [-0.25, -0.2) is 0 Å². The van der Waals surface area contributed by atoms with Crippen LogP contribution in [0.1, 0.15) is 13.3 Å². The minimum atomic E-state index is -0.214. The van der Waals surface area contributed by atoms with Gasteiger partial charge in [-0.3, -0.25) is 9.79 Å². The van der Waals surface area contributed by atoms with E-state index in [2.05, 4.69) is 15.2 Å². The van der Waals surface area contributed by atoms with Crippen LogP contribution in [0.5, 0.6) is 0 Å². The summed E-state index contributed by atoms with van der Waals surface area (Å²) in [5.74, 6) is 0.926. The topological polar surface area (TPSA) is 72.4 Å². The van der Waals surface area contributed by atoms with E-state index in [1.165, 1.54) is 7.11 Å². The van der Waals surface area contributed by atoms with Crippen molar-refractivity contribution in [2.24, 2.45) is 16.8 Å². The van der Waals surface area contributed by atoms with Crippen LogP contribution in [0.4, 0.5) is 0 Å². The van der Waals surface area contributed by atoms with E-state index in [0.29, 0.717) is 25.7 Å². The number of methoxy groups -OCH3 is 2. The zero-order chi connectivity index (χ0) is 16.4. The zero-order valence-corrected chi connectivity index (χ0v) is 16.9. The van der Waals surface area contributed by atoms with Crippen LogP contribution >= 0.6 is 24.0 Å². The molecule has 1 aliphatic rings. The fraction of sp³-hybridized carbons (Fsp3) is 0.867. The van der Waals surface area contributed by atoms with E-state index in [1.807, 2.05) is 6.92 Å². The number of rotatable bonds is 8. The third-order valence-electron chi connectivity index (χ3n) is 3.75. The molecule has 1 aliphatic heterocycles. The highest BCUT2D eigenvalue weighted by atomic mass is 127. The number of nitrogens with one attached hydrogen (secondary N) is 1. The highest BCUT2D eigenvalue weighted by molar-refractivity contribution is 14.0. The fourth-order valence-corrected chi connectivity index (χ4v) is 2.41. The maximum Gasteiger partial charge on any atom is 0.310 e. The van der Waals surface area contributed by atoms with Gasteiger partial charge in [0, 0.05) is 39.7 Å². The first-order valence-corrected chi connectivity index (χ1v) is 7.72. The molecule has 7 nitrogen and oxygen atoms in total. The van der Waals surface area contributed by atoms with Gasteiger partial charge in [-0.1, -0.05) is 6.92 Å². The molecule has 0 aliphatic carbocycles. The maximum absolute atomic E-state index is 11.4. The molecule has 8 heteroatoms. The summed E-state index contributed by atoms with van der Waals surface area (Å²) in [6, 6.07) is 0. The van der Waals surface area contributed by atoms with Crippen molar-refractivity contribution in [3.63, 3.8) is 0 Å². The molecule has 1 rings (SSSR count). The van der Waals surface area contributed by atoms with Crippen molar-refractivity contribution < 1.29 is 19.0 Å².